The van der Waals surface area contributed by atoms with Crippen LogP contribution in [0, 0.1) is 0 Å². The van der Waals surface area contributed by atoms with Crippen LogP contribution in [0.2, 0.25) is 0 Å². The average molecular weight is 168 g/mol. The highest BCUT2D eigenvalue weighted by Crippen LogP contribution is 2.02. The zero-order valence-corrected chi connectivity index (χ0v) is 6.52. The molecule has 0 radical (unpaired) electrons. The maximum Gasteiger partial charge on any atom is 0.316 e. The van der Waals surface area contributed by atoms with Crippen molar-refractivity contribution in [3.05, 3.63) is 18.0 Å². The average Bonchev–Trinajstić information content (AvgIpc) is 2.03. The lowest BCUT2D eigenvalue weighted by atomic mass is 10.3. The van der Waals surface area contributed by atoms with Crippen LogP contribution in [-0.4, -0.2) is 28.2 Å². The standard InChI is InChI=1S/C7H8N2O3/c1-12-7-8-3-2-5(9-7)4-6(10)11/h2-3H,4H2,1H3,(H,10,11). The van der Waals surface area contributed by atoms with Gasteiger partial charge in [-0.15, -0.1) is 0 Å². The predicted octanol–water partition coefficient (Wildman–Crippen LogP) is 0.112. The Morgan fingerprint density at radius 1 is 1.75 bits per heavy atom. The molecule has 1 N–H and O–H groups in total. The molecule has 5 heteroatoms. The molecule has 12 heavy (non-hydrogen) atoms. The Labute approximate surface area is 69.0 Å². The number of hydrogen-bond donors (Lipinski definition) is 1. The number of aliphatic carboxylic acids is 1. The molecular weight excluding hydrogens is 160 g/mol. The Morgan fingerprint density at radius 2 is 2.50 bits per heavy atom. The molecule has 0 aliphatic carbocycles. The third kappa shape index (κ3) is 2.19. The third-order valence-electron chi connectivity index (χ3n) is 1.21. The van der Waals surface area contributed by atoms with Crippen molar-refractivity contribution in [1.82, 2.24) is 9.97 Å². The molecule has 1 aromatic rings. The summed E-state index contributed by atoms with van der Waals surface area (Å²) in [5.74, 6) is -0.921. The second-order valence-corrected chi connectivity index (χ2v) is 2.11. The van der Waals surface area contributed by atoms with Crippen molar-refractivity contribution in [2.75, 3.05) is 7.11 Å². The second kappa shape index (κ2) is 3.66. The molecule has 0 saturated carbocycles. The molecule has 0 spiro atoms. The molecule has 64 valence electrons. The van der Waals surface area contributed by atoms with Crippen LogP contribution in [-0.2, 0) is 11.2 Å². The summed E-state index contributed by atoms with van der Waals surface area (Å²) in [6, 6.07) is 1.73. The van der Waals surface area contributed by atoms with Crippen LogP contribution in [0.15, 0.2) is 12.3 Å². The summed E-state index contributed by atoms with van der Waals surface area (Å²) in [6.45, 7) is 0. The summed E-state index contributed by atoms with van der Waals surface area (Å²) in [4.78, 5) is 17.8. The normalized spacial score (nSPS) is 9.42. The van der Waals surface area contributed by atoms with Gasteiger partial charge in [0.15, 0.2) is 0 Å². The molecule has 0 atom stereocenters. The third-order valence-corrected chi connectivity index (χ3v) is 1.21. The highest BCUT2D eigenvalue weighted by Gasteiger charge is 2.02. The first kappa shape index (κ1) is 8.45. The molecule has 1 heterocycles. The summed E-state index contributed by atoms with van der Waals surface area (Å²) >= 11 is 0. The zero-order valence-electron chi connectivity index (χ0n) is 6.52. The van der Waals surface area contributed by atoms with Crippen molar-refractivity contribution in [1.29, 1.82) is 0 Å². The lowest BCUT2D eigenvalue weighted by molar-refractivity contribution is -0.136. The van der Waals surface area contributed by atoms with Crippen LogP contribution in [0.5, 0.6) is 6.01 Å². The Balaban J connectivity index is 2.79. The van der Waals surface area contributed by atoms with Crippen LogP contribution in [0.3, 0.4) is 0 Å². The molecule has 0 bridgehead atoms. The Bertz CT molecular complexity index is 288. The number of nitrogens with zero attached hydrogens (tertiary/aromatic N) is 2. The van der Waals surface area contributed by atoms with Crippen LogP contribution >= 0.6 is 0 Å². The fraction of sp³-hybridized carbons (Fsp3) is 0.286. The van der Waals surface area contributed by atoms with Gasteiger partial charge in [0.1, 0.15) is 0 Å². The minimum absolute atomic E-state index is 0.112. The maximum absolute atomic E-state index is 10.3. The Kier molecular flexibility index (Phi) is 2.57. The number of ether oxygens (including phenoxy) is 1. The quantitative estimate of drug-likeness (QED) is 0.693. The number of carboxylic acid groups (broad SMARTS) is 1. The number of carboxylic acids is 1. The van der Waals surface area contributed by atoms with Gasteiger partial charge in [0.2, 0.25) is 0 Å². The highest BCUT2D eigenvalue weighted by molar-refractivity contribution is 5.69. The van der Waals surface area contributed by atoms with E-state index in [1.54, 1.807) is 0 Å². The second-order valence-electron chi connectivity index (χ2n) is 2.11. The molecule has 0 amide bonds. The van der Waals surface area contributed by atoms with Gasteiger partial charge in [-0.1, -0.05) is 0 Å². The molecule has 0 aromatic carbocycles. The number of methoxy groups -OCH3 is 1. The van der Waals surface area contributed by atoms with Gasteiger partial charge < -0.3 is 9.84 Å². The van der Waals surface area contributed by atoms with Gasteiger partial charge in [0.25, 0.3) is 0 Å². The van der Waals surface area contributed by atoms with Gasteiger partial charge in [-0.25, -0.2) is 4.98 Å². The number of carbonyl (C=O) groups is 1. The topological polar surface area (TPSA) is 72.3 Å². The minimum Gasteiger partial charge on any atom is -0.481 e. The maximum atomic E-state index is 10.3. The largest absolute Gasteiger partial charge is 0.481 e. The van der Waals surface area contributed by atoms with Crippen molar-refractivity contribution < 1.29 is 14.6 Å². The van der Waals surface area contributed by atoms with Gasteiger partial charge in [-0.2, -0.15) is 4.98 Å². The fourth-order valence-corrected chi connectivity index (χ4v) is 0.728. The van der Waals surface area contributed by atoms with E-state index < -0.39 is 5.97 Å². The molecule has 1 rings (SSSR count). The van der Waals surface area contributed by atoms with E-state index in [-0.39, 0.29) is 12.4 Å². The van der Waals surface area contributed by atoms with Crippen LogP contribution in [0.1, 0.15) is 5.69 Å². The van der Waals surface area contributed by atoms with Crippen molar-refractivity contribution in [3.8, 4) is 6.01 Å². The molecular formula is C7H8N2O3. The monoisotopic (exact) mass is 168 g/mol. The fourth-order valence-electron chi connectivity index (χ4n) is 0.728. The van der Waals surface area contributed by atoms with E-state index >= 15 is 0 Å². The Hall–Kier alpha value is -1.65. The van der Waals surface area contributed by atoms with Crippen LogP contribution in [0.25, 0.3) is 0 Å². The predicted molar refractivity (Wildman–Crippen MR) is 39.9 cm³/mol. The summed E-state index contributed by atoms with van der Waals surface area (Å²) in [7, 11) is 1.43. The smallest absolute Gasteiger partial charge is 0.316 e. The van der Waals surface area contributed by atoms with E-state index in [1.807, 2.05) is 0 Å². The van der Waals surface area contributed by atoms with E-state index in [9.17, 15) is 4.79 Å². The van der Waals surface area contributed by atoms with Gasteiger partial charge >= 0.3 is 12.0 Å². The van der Waals surface area contributed by atoms with Crippen molar-refractivity contribution in [3.63, 3.8) is 0 Å². The summed E-state index contributed by atoms with van der Waals surface area (Å²) in [5.41, 5.74) is 0.439. The molecule has 0 unspecified atom stereocenters. The summed E-state index contributed by atoms with van der Waals surface area (Å²) < 4.78 is 4.72. The lowest BCUT2D eigenvalue weighted by Crippen LogP contribution is -2.03. The first-order chi connectivity index (χ1) is 5.72. The van der Waals surface area contributed by atoms with Gasteiger partial charge in [0.05, 0.1) is 19.2 Å². The Morgan fingerprint density at radius 3 is 3.08 bits per heavy atom. The summed E-state index contributed by atoms with van der Waals surface area (Å²) in [6.07, 6.45) is 1.35. The van der Waals surface area contributed by atoms with Crippen molar-refractivity contribution >= 4 is 5.97 Å². The number of rotatable bonds is 3. The molecule has 0 aliphatic rings. The van der Waals surface area contributed by atoms with E-state index in [4.69, 9.17) is 9.84 Å². The molecule has 5 nitrogen and oxygen atoms in total. The van der Waals surface area contributed by atoms with E-state index in [0.717, 1.165) is 0 Å². The lowest BCUT2D eigenvalue weighted by Gasteiger charge is -1.98. The van der Waals surface area contributed by atoms with Gasteiger partial charge in [-0.3, -0.25) is 4.79 Å². The first-order valence-corrected chi connectivity index (χ1v) is 3.30. The highest BCUT2D eigenvalue weighted by atomic mass is 16.5. The van der Waals surface area contributed by atoms with E-state index in [1.165, 1.54) is 19.4 Å². The minimum atomic E-state index is -0.921. The first-order valence-electron chi connectivity index (χ1n) is 3.30. The van der Waals surface area contributed by atoms with Gasteiger partial charge in [0, 0.05) is 6.20 Å². The van der Waals surface area contributed by atoms with Crippen molar-refractivity contribution in [2.45, 2.75) is 6.42 Å². The number of aromatic nitrogens is 2. The van der Waals surface area contributed by atoms with E-state index in [2.05, 4.69) is 9.97 Å². The molecule has 0 fully saturated rings. The molecule has 1 aromatic heterocycles. The molecule has 0 saturated heterocycles. The van der Waals surface area contributed by atoms with Crippen LogP contribution in [0.4, 0.5) is 0 Å². The zero-order chi connectivity index (χ0) is 8.97. The van der Waals surface area contributed by atoms with Gasteiger partial charge in [-0.05, 0) is 6.07 Å². The van der Waals surface area contributed by atoms with E-state index in [0.29, 0.717) is 5.69 Å². The van der Waals surface area contributed by atoms with Crippen LogP contribution < -0.4 is 4.74 Å². The SMILES string of the molecule is COc1nccc(CC(=O)O)n1. The molecule has 0 aliphatic heterocycles. The number of hydrogen-bond acceptors (Lipinski definition) is 4. The van der Waals surface area contributed by atoms with Crippen molar-refractivity contribution in [2.24, 2.45) is 0 Å². The summed E-state index contributed by atoms with van der Waals surface area (Å²) in [5, 5.41) is 8.43.